The van der Waals surface area contributed by atoms with Gasteiger partial charge in [-0.05, 0) is 49.4 Å². The minimum Gasteiger partial charge on any atom is -0.353 e. The first-order chi connectivity index (χ1) is 15.3. The number of fused-ring (bicyclic) bond motifs is 1. The van der Waals surface area contributed by atoms with Crippen LogP contribution in [0.3, 0.4) is 0 Å². The van der Waals surface area contributed by atoms with Gasteiger partial charge in [0.05, 0.1) is 16.7 Å². The fraction of sp³-hybridized carbons (Fsp3) is 0.571. The highest BCUT2D eigenvalue weighted by Crippen LogP contribution is 2.27. The van der Waals surface area contributed by atoms with Gasteiger partial charge in [0.25, 0.3) is 5.24 Å². The van der Waals surface area contributed by atoms with Crippen molar-refractivity contribution in [2.45, 2.75) is 37.1 Å². The second-order valence-corrected chi connectivity index (χ2v) is 11.2. The average Bonchev–Trinajstić information content (AvgIpc) is 3.39. The van der Waals surface area contributed by atoms with Crippen molar-refractivity contribution in [2.75, 3.05) is 45.0 Å². The summed E-state index contributed by atoms with van der Waals surface area (Å²) in [6.07, 6.45) is 3.01. The summed E-state index contributed by atoms with van der Waals surface area (Å²) in [5.74, 6) is -0.281. The number of rotatable bonds is 7. The molecule has 0 bridgehead atoms. The van der Waals surface area contributed by atoms with Gasteiger partial charge in [0.1, 0.15) is 0 Å². The molecule has 1 N–H and O–H groups in total. The van der Waals surface area contributed by atoms with Gasteiger partial charge in [-0.25, -0.2) is 8.42 Å². The Kier molecular flexibility index (Phi) is 6.89. The quantitative estimate of drug-likeness (QED) is 0.612. The largest absolute Gasteiger partial charge is 0.353 e. The lowest BCUT2D eigenvalue weighted by atomic mass is 10.1. The number of hydrogen-bond donors (Lipinski definition) is 1. The van der Waals surface area contributed by atoms with E-state index in [0.717, 1.165) is 41.5 Å². The van der Waals surface area contributed by atoms with Gasteiger partial charge >= 0.3 is 0 Å². The van der Waals surface area contributed by atoms with E-state index in [-0.39, 0.29) is 35.9 Å². The zero-order valence-electron chi connectivity index (χ0n) is 18.1. The van der Waals surface area contributed by atoms with Gasteiger partial charge in [0.15, 0.2) is 0 Å². The van der Waals surface area contributed by atoms with Gasteiger partial charge in [-0.2, -0.15) is 4.31 Å². The van der Waals surface area contributed by atoms with Gasteiger partial charge in [-0.15, -0.1) is 0 Å². The molecule has 3 amide bonds. The van der Waals surface area contributed by atoms with E-state index >= 15 is 0 Å². The Bertz CT molecular complexity index is 1010. The Balaban J connectivity index is 1.27. The Morgan fingerprint density at radius 1 is 1.12 bits per heavy atom. The van der Waals surface area contributed by atoms with E-state index in [1.165, 1.54) is 9.87 Å². The Labute approximate surface area is 192 Å². The molecule has 32 heavy (non-hydrogen) atoms. The van der Waals surface area contributed by atoms with Gasteiger partial charge in [0, 0.05) is 39.3 Å². The molecule has 0 saturated carbocycles. The molecule has 2 heterocycles. The third kappa shape index (κ3) is 4.70. The van der Waals surface area contributed by atoms with E-state index in [1.54, 1.807) is 13.0 Å². The van der Waals surface area contributed by atoms with Gasteiger partial charge < -0.3 is 5.32 Å². The SMILES string of the molecule is C[C@H](C(=O)NCCN1C(=O)CSC1=O)N1CCN(S(=O)(=O)c2ccc3c(c2)CCC3)CC1. The van der Waals surface area contributed by atoms with E-state index in [1.807, 2.05) is 17.0 Å². The second kappa shape index (κ2) is 9.50. The van der Waals surface area contributed by atoms with Gasteiger partial charge in [-0.1, -0.05) is 17.8 Å². The number of thioether (sulfide) groups is 1. The van der Waals surface area contributed by atoms with Crippen molar-refractivity contribution in [3.05, 3.63) is 29.3 Å². The van der Waals surface area contributed by atoms with Crippen LogP contribution < -0.4 is 5.32 Å². The fourth-order valence-corrected chi connectivity index (χ4v) is 6.62. The van der Waals surface area contributed by atoms with Crippen molar-refractivity contribution >= 4 is 38.8 Å². The van der Waals surface area contributed by atoms with Crippen molar-refractivity contribution in [1.82, 2.24) is 19.4 Å². The zero-order chi connectivity index (χ0) is 22.9. The molecule has 0 unspecified atom stereocenters. The Hall–Kier alpha value is -1.95. The van der Waals surface area contributed by atoms with Crippen LogP contribution in [0.25, 0.3) is 0 Å². The van der Waals surface area contributed by atoms with E-state index < -0.39 is 16.1 Å². The molecule has 3 aliphatic rings. The Morgan fingerprint density at radius 2 is 1.84 bits per heavy atom. The number of aryl methyl sites for hydroxylation is 2. The highest BCUT2D eigenvalue weighted by atomic mass is 32.2. The normalized spacial score (nSPS) is 21.1. The van der Waals surface area contributed by atoms with Crippen LogP contribution in [-0.4, -0.2) is 90.6 Å². The molecule has 0 aromatic heterocycles. The number of hydrogen-bond acceptors (Lipinski definition) is 7. The topological polar surface area (TPSA) is 107 Å². The lowest BCUT2D eigenvalue weighted by Gasteiger charge is -2.36. The van der Waals surface area contributed by atoms with E-state index in [2.05, 4.69) is 5.32 Å². The summed E-state index contributed by atoms with van der Waals surface area (Å²) in [5.41, 5.74) is 2.37. The Morgan fingerprint density at radius 3 is 2.53 bits per heavy atom. The lowest BCUT2D eigenvalue weighted by molar-refractivity contribution is -0.128. The monoisotopic (exact) mass is 480 g/mol. The minimum atomic E-state index is -3.55. The van der Waals surface area contributed by atoms with Crippen LogP contribution >= 0.6 is 11.8 Å². The molecular formula is C21H28N4O5S2. The van der Waals surface area contributed by atoms with Crippen molar-refractivity contribution in [2.24, 2.45) is 0 Å². The number of carbonyl (C=O) groups is 3. The maximum Gasteiger partial charge on any atom is 0.288 e. The predicted octanol–water partition coefficient (Wildman–Crippen LogP) is 0.682. The number of imide groups is 1. The van der Waals surface area contributed by atoms with E-state index in [0.29, 0.717) is 31.1 Å². The third-order valence-electron chi connectivity index (χ3n) is 6.38. The fourth-order valence-electron chi connectivity index (χ4n) is 4.39. The summed E-state index contributed by atoms with van der Waals surface area (Å²) in [6, 6.07) is 5.02. The van der Waals surface area contributed by atoms with Gasteiger partial charge in [-0.3, -0.25) is 24.2 Å². The molecular weight excluding hydrogens is 452 g/mol. The number of carbonyl (C=O) groups excluding carboxylic acids is 3. The number of nitrogens with zero attached hydrogens (tertiary/aromatic N) is 3. The van der Waals surface area contributed by atoms with Crippen LogP contribution in [0.2, 0.25) is 0 Å². The maximum atomic E-state index is 13.1. The summed E-state index contributed by atoms with van der Waals surface area (Å²) in [5, 5.41) is 2.49. The second-order valence-electron chi connectivity index (χ2n) is 8.29. The molecule has 2 saturated heterocycles. The summed E-state index contributed by atoms with van der Waals surface area (Å²) in [6.45, 7) is 3.71. The summed E-state index contributed by atoms with van der Waals surface area (Å²) in [7, 11) is -3.55. The number of sulfonamides is 1. The first-order valence-electron chi connectivity index (χ1n) is 10.9. The molecule has 4 rings (SSSR count). The first kappa shape index (κ1) is 23.2. The van der Waals surface area contributed by atoms with Crippen LogP contribution in [0.15, 0.2) is 23.1 Å². The molecule has 11 heteroatoms. The molecule has 1 atom stereocenters. The smallest absolute Gasteiger partial charge is 0.288 e. The third-order valence-corrected chi connectivity index (χ3v) is 9.14. The molecule has 9 nitrogen and oxygen atoms in total. The molecule has 1 aromatic rings. The number of piperazine rings is 1. The van der Waals surface area contributed by atoms with Crippen molar-refractivity contribution < 1.29 is 22.8 Å². The first-order valence-corrected chi connectivity index (χ1v) is 13.3. The number of amides is 3. The van der Waals surface area contributed by atoms with Crippen LogP contribution in [0.4, 0.5) is 4.79 Å². The molecule has 2 fully saturated rings. The average molecular weight is 481 g/mol. The number of nitrogens with one attached hydrogen (secondary N) is 1. The highest BCUT2D eigenvalue weighted by Gasteiger charge is 2.33. The van der Waals surface area contributed by atoms with E-state index in [4.69, 9.17) is 0 Å². The van der Waals surface area contributed by atoms with Gasteiger partial charge in [0.2, 0.25) is 21.8 Å². The molecule has 2 aliphatic heterocycles. The van der Waals surface area contributed by atoms with Crippen LogP contribution in [-0.2, 0) is 32.5 Å². The summed E-state index contributed by atoms with van der Waals surface area (Å²) in [4.78, 5) is 39.2. The van der Waals surface area contributed by atoms with Crippen LogP contribution in [0, 0.1) is 0 Å². The summed E-state index contributed by atoms with van der Waals surface area (Å²) >= 11 is 0.970. The predicted molar refractivity (Wildman–Crippen MR) is 121 cm³/mol. The molecule has 1 aliphatic carbocycles. The maximum absolute atomic E-state index is 13.1. The lowest BCUT2D eigenvalue weighted by Crippen LogP contribution is -2.55. The van der Waals surface area contributed by atoms with Crippen LogP contribution in [0.5, 0.6) is 0 Å². The van der Waals surface area contributed by atoms with Crippen molar-refractivity contribution in [3.8, 4) is 0 Å². The number of benzene rings is 1. The van der Waals surface area contributed by atoms with Crippen molar-refractivity contribution in [1.29, 1.82) is 0 Å². The van der Waals surface area contributed by atoms with Crippen LogP contribution in [0.1, 0.15) is 24.5 Å². The molecule has 1 aromatic carbocycles. The summed E-state index contributed by atoms with van der Waals surface area (Å²) < 4.78 is 27.7. The molecule has 0 radical (unpaired) electrons. The minimum absolute atomic E-state index is 0.155. The highest BCUT2D eigenvalue weighted by molar-refractivity contribution is 8.14. The zero-order valence-corrected chi connectivity index (χ0v) is 19.7. The molecule has 0 spiro atoms. The van der Waals surface area contributed by atoms with E-state index in [9.17, 15) is 22.8 Å². The van der Waals surface area contributed by atoms with Crippen molar-refractivity contribution in [3.63, 3.8) is 0 Å². The standard InChI is InChI=1S/C21H28N4O5S2/c1-15(20(27)22-7-8-25-19(26)14-31-21(25)28)23-9-11-24(12-10-23)32(29,30)18-6-5-16-3-2-4-17(16)13-18/h5-6,13,15H,2-4,7-12,14H2,1H3,(H,22,27)/t15-/m1/s1. The molecule has 174 valence electrons.